The number of hydrogen-bond acceptors (Lipinski definition) is 7. The number of allylic oxidation sites excluding steroid dienone is 10. The number of pyridine rings is 1. The van der Waals surface area contributed by atoms with E-state index in [1.54, 1.807) is 0 Å². The topological polar surface area (TPSA) is 140 Å². The molecule has 1 aromatic heterocycles. The van der Waals surface area contributed by atoms with Crippen LogP contribution in [0.3, 0.4) is 0 Å². The van der Waals surface area contributed by atoms with Crippen LogP contribution in [0.4, 0.5) is 0 Å². The van der Waals surface area contributed by atoms with Gasteiger partial charge in [0.2, 0.25) is 12.2 Å². The Morgan fingerprint density at radius 2 is 1.31 bits per heavy atom. The van der Waals surface area contributed by atoms with Gasteiger partial charge in [-0.3, -0.25) is 9.78 Å². The summed E-state index contributed by atoms with van der Waals surface area (Å²) in [5.41, 5.74) is -0.0729. The van der Waals surface area contributed by atoms with E-state index in [4.69, 9.17) is 9.47 Å². The maximum atomic E-state index is 12.1. The number of aromatic nitrogens is 1. The van der Waals surface area contributed by atoms with Crippen LogP contribution in [0.5, 0.6) is 0 Å². The molecule has 2 atom stereocenters. The maximum Gasteiger partial charge on any atom is 0.349 e. The second kappa shape index (κ2) is 20.7. The van der Waals surface area contributed by atoms with E-state index in [-0.39, 0.29) is 12.0 Å². The Morgan fingerprint density at radius 1 is 0.795 bits per heavy atom. The molecule has 0 aliphatic rings. The molecular formula is C30H37NO8. The van der Waals surface area contributed by atoms with Crippen molar-refractivity contribution < 1.29 is 38.9 Å². The van der Waals surface area contributed by atoms with Crippen molar-refractivity contribution in [1.29, 1.82) is 0 Å². The molecule has 0 saturated carbocycles. The summed E-state index contributed by atoms with van der Waals surface area (Å²) >= 11 is 0. The minimum Gasteiger partial charge on any atom is -0.478 e. The molecule has 0 fully saturated rings. The summed E-state index contributed by atoms with van der Waals surface area (Å²) in [4.78, 5) is 51.1. The smallest absolute Gasteiger partial charge is 0.349 e. The van der Waals surface area contributed by atoms with Crippen LogP contribution in [-0.4, -0.2) is 51.3 Å². The molecule has 0 saturated heterocycles. The normalized spacial score (nSPS) is 13.5. The Bertz CT molecular complexity index is 1040. The lowest BCUT2D eigenvalue weighted by Crippen LogP contribution is -2.45. The molecule has 2 unspecified atom stereocenters. The van der Waals surface area contributed by atoms with Crippen LogP contribution in [0.15, 0.2) is 85.3 Å². The molecule has 0 spiro atoms. The van der Waals surface area contributed by atoms with E-state index < -0.39 is 36.1 Å². The van der Waals surface area contributed by atoms with Crippen LogP contribution in [0.25, 0.3) is 0 Å². The summed E-state index contributed by atoms with van der Waals surface area (Å²) in [6.45, 7) is 2.11. The van der Waals surface area contributed by atoms with E-state index in [0.717, 1.165) is 38.3 Å². The third-order valence-corrected chi connectivity index (χ3v) is 5.06. The largest absolute Gasteiger partial charge is 0.478 e. The second-order valence-corrected chi connectivity index (χ2v) is 8.25. The molecule has 0 amide bonds. The molecule has 9 heteroatoms. The molecule has 0 radical (unpaired) electrons. The molecule has 0 aliphatic carbocycles. The highest BCUT2D eigenvalue weighted by molar-refractivity contribution is 5.93. The predicted octanol–water partition coefficient (Wildman–Crippen LogP) is 5.61. The molecule has 1 rings (SSSR count). The fourth-order valence-electron chi connectivity index (χ4n) is 3.08. The molecule has 39 heavy (non-hydrogen) atoms. The van der Waals surface area contributed by atoms with Gasteiger partial charge in [-0.25, -0.2) is 14.4 Å². The van der Waals surface area contributed by atoms with Crippen LogP contribution < -0.4 is 0 Å². The van der Waals surface area contributed by atoms with Crippen LogP contribution in [-0.2, 0) is 23.9 Å². The van der Waals surface area contributed by atoms with Crippen molar-refractivity contribution in [3.8, 4) is 0 Å². The Morgan fingerprint density at radius 3 is 1.79 bits per heavy atom. The fraction of sp³-hybridized carbons (Fsp3) is 0.367. The van der Waals surface area contributed by atoms with E-state index in [2.05, 4.69) is 54.4 Å². The zero-order valence-electron chi connectivity index (χ0n) is 22.2. The fourth-order valence-corrected chi connectivity index (χ4v) is 3.08. The van der Waals surface area contributed by atoms with E-state index >= 15 is 0 Å². The minimum atomic E-state index is -2.22. The Labute approximate surface area is 229 Å². The van der Waals surface area contributed by atoms with Gasteiger partial charge >= 0.3 is 23.9 Å². The third kappa shape index (κ3) is 15.6. The SMILES string of the molecule is CC/C=C\C/C=C\C/C=C\C/C=C\C/C=C\CCCC(=O)OC(C(=O)O)C(OC(=O)c1cccnc1)C(=O)O. The molecule has 0 bridgehead atoms. The first-order chi connectivity index (χ1) is 18.9. The summed E-state index contributed by atoms with van der Waals surface area (Å²) in [5, 5.41) is 18.7. The zero-order valence-corrected chi connectivity index (χ0v) is 22.2. The van der Waals surface area contributed by atoms with Crippen molar-refractivity contribution in [1.82, 2.24) is 4.98 Å². The van der Waals surface area contributed by atoms with Crippen molar-refractivity contribution in [3.63, 3.8) is 0 Å². The Balaban J connectivity index is 2.34. The van der Waals surface area contributed by atoms with Gasteiger partial charge in [0.05, 0.1) is 5.56 Å². The van der Waals surface area contributed by atoms with E-state index in [1.807, 2.05) is 18.2 Å². The van der Waals surface area contributed by atoms with E-state index in [9.17, 15) is 29.4 Å². The average Bonchev–Trinajstić information content (AvgIpc) is 2.92. The minimum absolute atomic E-state index is 0.0729. The lowest BCUT2D eigenvalue weighted by Gasteiger charge is -2.20. The predicted molar refractivity (Wildman–Crippen MR) is 147 cm³/mol. The van der Waals surface area contributed by atoms with Gasteiger partial charge < -0.3 is 19.7 Å². The van der Waals surface area contributed by atoms with Gasteiger partial charge in [-0.15, -0.1) is 0 Å². The number of rotatable bonds is 19. The van der Waals surface area contributed by atoms with Gasteiger partial charge in [0.25, 0.3) is 0 Å². The quantitative estimate of drug-likeness (QED) is 0.130. The van der Waals surface area contributed by atoms with Crippen molar-refractivity contribution in [2.24, 2.45) is 0 Å². The summed E-state index contributed by atoms with van der Waals surface area (Å²) in [7, 11) is 0. The van der Waals surface area contributed by atoms with E-state index in [0.29, 0.717) is 12.8 Å². The van der Waals surface area contributed by atoms with Crippen LogP contribution in [0.1, 0.15) is 68.6 Å². The van der Waals surface area contributed by atoms with Crippen molar-refractivity contribution in [2.45, 2.75) is 70.5 Å². The standard InChI is InChI=1S/C30H37NO8/c1-2-3-4-5-6-7-8-9-10-11-12-13-14-15-16-17-18-21-25(32)38-26(28(33)34)27(29(35)36)39-30(37)24-20-19-22-31-23-24/h3-4,6-7,9-10,12-13,15-16,19-20,22-23,26-27H,2,5,8,11,14,17-18,21H2,1H3,(H,33,34)(H,35,36)/b4-3-,7-6-,10-9-,13-12-,16-15-. The number of carboxylic acid groups (broad SMARTS) is 2. The molecule has 0 aromatic carbocycles. The number of aliphatic carboxylic acids is 2. The van der Waals surface area contributed by atoms with E-state index in [1.165, 1.54) is 18.3 Å². The maximum absolute atomic E-state index is 12.1. The van der Waals surface area contributed by atoms with Gasteiger partial charge in [0.1, 0.15) is 0 Å². The number of ether oxygens (including phenoxy) is 2. The highest BCUT2D eigenvalue weighted by Crippen LogP contribution is 2.12. The molecule has 0 aliphatic heterocycles. The number of hydrogen-bond donors (Lipinski definition) is 2. The van der Waals surface area contributed by atoms with Crippen LogP contribution >= 0.6 is 0 Å². The first kappa shape index (κ1) is 32.8. The first-order valence-corrected chi connectivity index (χ1v) is 12.9. The zero-order chi connectivity index (χ0) is 28.7. The summed E-state index contributed by atoms with van der Waals surface area (Å²) < 4.78 is 9.64. The summed E-state index contributed by atoms with van der Waals surface area (Å²) in [6, 6.07) is 2.75. The molecule has 9 nitrogen and oxygen atoms in total. The number of nitrogens with zero attached hydrogens (tertiary/aromatic N) is 1. The van der Waals surface area contributed by atoms with Gasteiger partial charge in [0, 0.05) is 18.8 Å². The first-order valence-electron chi connectivity index (χ1n) is 12.9. The monoisotopic (exact) mass is 539 g/mol. The molecule has 2 N–H and O–H groups in total. The number of unbranched alkanes of at least 4 members (excludes halogenated alkanes) is 1. The average molecular weight is 540 g/mol. The number of carboxylic acids is 2. The second-order valence-electron chi connectivity index (χ2n) is 8.25. The van der Waals surface area contributed by atoms with Crippen molar-refractivity contribution >= 4 is 23.9 Å². The lowest BCUT2D eigenvalue weighted by molar-refractivity contribution is -0.179. The van der Waals surface area contributed by atoms with Gasteiger partial charge in [-0.1, -0.05) is 67.7 Å². The molecule has 210 valence electrons. The third-order valence-electron chi connectivity index (χ3n) is 5.06. The molecular weight excluding hydrogens is 502 g/mol. The van der Waals surface area contributed by atoms with Gasteiger partial charge in [0.15, 0.2) is 0 Å². The van der Waals surface area contributed by atoms with Gasteiger partial charge in [-0.2, -0.15) is 0 Å². The summed E-state index contributed by atoms with van der Waals surface area (Å²) in [6.07, 6.45) is 24.2. The lowest BCUT2D eigenvalue weighted by atomic mass is 10.2. The Kier molecular flexibility index (Phi) is 17.4. The van der Waals surface area contributed by atoms with Crippen LogP contribution in [0.2, 0.25) is 0 Å². The van der Waals surface area contributed by atoms with Crippen LogP contribution in [0, 0.1) is 0 Å². The highest BCUT2D eigenvalue weighted by atomic mass is 16.6. The number of carbonyl (C=O) groups excluding carboxylic acids is 2. The Hall–Kier alpha value is -4.27. The highest BCUT2D eigenvalue weighted by Gasteiger charge is 2.40. The number of carbonyl (C=O) groups is 4. The summed E-state index contributed by atoms with van der Waals surface area (Å²) in [5.74, 6) is -5.51. The molecule has 1 aromatic rings. The number of esters is 2. The van der Waals surface area contributed by atoms with Crippen molar-refractivity contribution in [3.05, 3.63) is 90.9 Å². The molecule has 1 heterocycles. The van der Waals surface area contributed by atoms with Crippen molar-refractivity contribution in [2.75, 3.05) is 0 Å². The van der Waals surface area contributed by atoms with Gasteiger partial charge in [-0.05, 0) is 57.1 Å².